The molecule has 170 valence electrons. The van der Waals surface area contributed by atoms with Gasteiger partial charge in [0.05, 0.1) is 12.5 Å². The van der Waals surface area contributed by atoms with Crippen LogP contribution < -0.4 is 10.1 Å². The smallest absolute Gasteiger partial charge is 0.194 e. The number of anilines is 2. The standard InChI is InChI=1S/C28H19N3O3S/c1-15-29-27(24-23(14-35-28(24)30-15)16-7-10-18(34-2)11-8-16)31-17-9-12-21-22(13-17)26(33)20-6-4-3-5-19(20)25(21)32/h3-14H,1-2H3,(H,29,30,31). The van der Waals surface area contributed by atoms with Gasteiger partial charge in [0.2, 0.25) is 0 Å². The third-order valence-corrected chi connectivity index (χ3v) is 7.01. The first-order valence-electron chi connectivity index (χ1n) is 11.0. The first-order valence-corrected chi connectivity index (χ1v) is 11.9. The number of nitrogens with zero attached hydrogens (tertiary/aromatic N) is 2. The van der Waals surface area contributed by atoms with Crippen LogP contribution in [0.4, 0.5) is 11.5 Å². The van der Waals surface area contributed by atoms with Gasteiger partial charge in [-0.25, -0.2) is 9.97 Å². The van der Waals surface area contributed by atoms with E-state index in [2.05, 4.69) is 20.7 Å². The number of nitrogens with one attached hydrogen (secondary N) is 1. The molecule has 0 amide bonds. The molecule has 1 aliphatic carbocycles. The lowest BCUT2D eigenvalue weighted by Gasteiger charge is -2.18. The van der Waals surface area contributed by atoms with Crippen molar-refractivity contribution in [2.24, 2.45) is 0 Å². The number of aromatic nitrogens is 2. The zero-order chi connectivity index (χ0) is 24.1. The third-order valence-electron chi connectivity index (χ3n) is 6.13. The normalized spacial score (nSPS) is 12.4. The maximum atomic E-state index is 13.2. The molecule has 3 aromatic carbocycles. The van der Waals surface area contributed by atoms with Crippen LogP contribution in [0.1, 0.15) is 37.7 Å². The fraction of sp³-hybridized carbons (Fsp3) is 0.0714. The molecule has 2 aromatic heterocycles. The van der Waals surface area contributed by atoms with Crippen molar-refractivity contribution in [1.29, 1.82) is 0 Å². The Hall–Kier alpha value is -4.36. The molecule has 2 heterocycles. The molecule has 0 fully saturated rings. The summed E-state index contributed by atoms with van der Waals surface area (Å²) >= 11 is 1.55. The second-order valence-electron chi connectivity index (χ2n) is 8.27. The Morgan fingerprint density at radius 1 is 0.800 bits per heavy atom. The topological polar surface area (TPSA) is 81.2 Å². The summed E-state index contributed by atoms with van der Waals surface area (Å²) < 4.78 is 5.29. The average Bonchev–Trinajstić information content (AvgIpc) is 3.31. The molecule has 35 heavy (non-hydrogen) atoms. The number of aryl methyl sites for hydroxylation is 1. The second-order valence-corrected chi connectivity index (χ2v) is 9.12. The molecule has 1 aliphatic rings. The first kappa shape index (κ1) is 21.2. The molecular weight excluding hydrogens is 458 g/mol. The van der Waals surface area contributed by atoms with Crippen molar-refractivity contribution < 1.29 is 14.3 Å². The van der Waals surface area contributed by atoms with Gasteiger partial charge in [-0.1, -0.05) is 36.4 Å². The highest BCUT2D eigenvalue weighted by atomic mass is 32.1. The van der Waals surface area contributed by atoms with E-state index in [1.807, 2.05) is 31.2 Å². The number of rotatable bonds is 4. The summed E-state index contributed by atoms with van der Waals surface area (Å²) in [6.07, 6.45) is 0. The van der Waals surface area contributed by atoms with E-state index in [4.69, 9.17) is 4.74 Å². The Morgan fingerprint density at radius 2 is 1.49 bits per heavy atom. The van der Waals surface area contributed by atoms with Gasteiger partial charge in [0.1, 0.15) is 22.2 Å². The molecule has 5 aromatic rings. The van der Waals surface area contributed by atoms with Crippen molar-refractivity contribution in [3.05, 3.63) is 100 Å². The number of carbonyl (C=O) groups excluding carboxylic acids is 2. The van der Waals surface area contributed by atoms with Crippen LogP contribution in [0.25, 0.3) is 21.3 Å². The lowest BCUT2D eigenvalue weighted by atomic mass is 9.84. The molecule has 0 spiro atoms. The lowest BCUT2D eigenvalue weighted by molar-refractivity contribution is 0.0979. The highest BCUT2D eigenvalue weighted by molar-refractivity contribution is 7.17. The van der Waals surface area contributed by atoms with Crippen molar-refractivity contribution in [1.82, 2.24) is 9.97 Å². The molecule has 0 bridgehead atoms. The van der Waals surface area contributed by atoms with Gasteiger partial charge in [-0.2, -0.15) is 0 Å². The van der Waals surface area contributed by atoms with Gasteiger partial charge in [-0.3, -0.25) is 9.59 Å². The molecule has 0 unspecified atom stereocenters. The van der Waals surface area contributed by atoms with Crippen LogP contribution in [-0.2, 0) is 0 Å². The van der Waals surface area contributed by atoms with Gasteiger partial charge in [-0.15, -0.1) is 11.3 Å². The van der Waals surface area contributed by atoms with Crippen LogP contribution >= 0.6 is 11.3 Å². The highest BCUT2D eigenvalue weighted by Gasteiger charge is 2.29. The zero-order valence-electron chi connectivity index (χ0n) is 19.0. The summed E-state index contributed by atoms with van der Waals surface area (Å²) in [6, 6.07) is 20.0. The van der Waals surface area contributed by atoms with E-state index in [1.165, 1.54) is 0 Å². The van der Waals surface area contributed by atoms with Crippen LogP contribution in [0.15, 0.2) is 72.1 Å². The minimum absolute atomic E-state index is 0.137. The van der Waals surface area contributed by atoms with Crippen LogP contribution in [0, 0.1) is 6.92 Å². The second kappa shape index (κ2) is 8.14. The number of thiophene rings is 1. The van der Waals surface area contributed by atoms with E-state index in [9.17, 15) is 9.59 Å². The van der Waals surface area contributed by atoms with E-state index < -0.39 is 0 Å². The molecule has 0 aliphatic heterocycles. The number of benzene rings is 3. The van der Waals surface area contributed by atoms with Gasteiger partial charge in [0.15, 0.2) is 11.6 Å². The zero-order valence-corrected chi connectivity index (χ0v) is 19.8. The molecule has 0 saturated heterocycles. The fourth-order valence-electron chi connectivity index (χ4n) is 4.44. The van der Waals surface area contributed by atoms with Crippen LogP contribution in [0.3, 0.4) is 0 Å². The number of methoxy groups -OCH3 is 1. The number of carbonyl (C=O) groups is 2. The van der Waals surface area contributed by atoms with Gasteiger partial charge < -0.3 is 10.1 Å². The minimum atomic E-state index is -0.155. The Bertz CT molecular complexity index is 1650. The molecule has 6 rings (SSSR count). The SMILES string of the molecule is COc1ccc(-c2csc3nc(C)nc(Nc4ccc5c(c4)C(=O)c4ccccc4C5=O)c23)cc1. The quantitative estimate of drug-likeness (QED) is 0.326. The molecule has 6 nitrogen and oxygen atoms in total. The number of fused-ring (bicyclic) bond motifs is 3. The van der Waals surface area contributed by atoms with Crippen LogP contribution in [-0.4, -0.2) is 28.6 Å². The summed E-state index contributed by atoms with van der Waals surface area (Å²) in [7, 11) is 1.64. The highest BCUT2D eigenvalue weighted by Crippen LogP contribution is 2.39. The van der Waals surface area contributed by atoms with Crippen molar-refractivity contribution >= 4 is 44.6 Å². The van der Waals surface area contributed by atoms with Gasteiger partial charge in [0, 0.05) is 38.9 Å². The monoisotopic (exact) mass is 477 g/mol. The van der Waals surface area contributed by atoms with E-state index in [1.54, 1.807) is 60.9 Å². The molecular formula is C28H19N3O3S. The van der Waals surface area contributed by atoms with E-state index in [0.717, 1.165) is 27.1 Å². The molecule has 0 saturated carbocycles. The van der Waals surface area contributed by atoms with Crippen molar-refractivity contribution in [2.75, 3.05) is 12.4 Å². The summed E-state index contributed by atoms with van der Waals surface area (Å²) in [5.74, 6) is 1.78. The Labute approximate surface area is 205 Å². The lowest BCUT2D eigenvalue weighted by Crippen LogP contribution is -2.20. The summed E-state index contributed by atoms with van der Waals surface area (Å²) in [5.41, 5.74) is 4.39. The van der Waals surface area contributed by atoms with Gasteiger partial charge >= 0.3 is 0 Å². The van der Waals surface area contributed by atoms with E-state index in [0.29, 0.717) is 39.6 Å². The summed E-state index contributed by atoms with van der Waals surface area (Å²) in [6.45, 7) is 1.85. The summed E-state index contributed by atoms with van der Waals surface area (Å²) in [4.78, 5) is 36.3. The Morgan fingerprint density at radius 3 is 2.20 bits per heavy atom. The van der Waals surface area contributed by atoms with Crippen molar-refractivity contribution in [3.8, 4) is 16.9 Å². The predicted molar refractivity (Wildman–Crippen MR) is 137 cm³/mol. The number of ether oxygens (including phenoxy) is 1. The molecule has 7 heteroatoms. The predicted octanol–water partition coefficient (Wildman–Crippen LogP) is 6.19. The van der Waals surface area contributed by atoms with Gasteiger partial charge in [-0.05, 0) is 42.8 Å². The largest absolute Gasteiger partial charge is 0.497 e. The van der Waals surface area contributed by atoms with E-state index in [-0.39, 0.29) is 11.6 Å². The average molecular weight is 478 g/mol. The molecule has 0 radical (unpaired) electrons. The Kier molecular flexibility index (Phi) is 4.93. The number of ketones is 2. The molecule has 1 N–H and O–H groups in total. The van der Waals surface area contributed by atoms with E-state index >= 15 is 0 Å². The van der Waals surface area contributed by atoms with Crippen LogP contribution in [0.5, 0.6) is 5.75 Å². The fourth-order valence-corrected chi connectivity index (χ4v) is 5.43. The van der Waals surface area contributed by atoms with Crippen LogP contribution in [0.2, 0.25) is 0 Å². The maximum absolute atomic E-state index is 13.2. The third kappa shape index (κ3) is 3.48. The maximum Gasteiger partial charge on any atom is 0.194 e. The number of hydrogen-bond donors (Lipinski definition) is 1. The summed E-state index contributed by atoms with van der Waals surface area (Å²) in [5, 5.41) is 6.35. The Balaban J connectivity index is 1.44. The minimum Gasteiger partial charge on any atom is -0.497 e. The van der Waals surface area contributed by atoms with Crippen molar-refractivity contribution in [3.63, 3.8) is 0 Å². The van der Waals surface area contributed by atoms with Crippen molar-refractivity contribution in [2.45, 2.75) is 6.92 Å². The first-order chi connectivity index (χ1) is 17.0. The molecule has 0 atom stereocenters. The van der Waals surface area contributed by atoms with Gasteiger partial charge in [0.25, 0.3) is 0 Å². The number of hydrogen-bond acceptors (Lipinski definition) is 7.